The van der Waals surface area contributed by atoms with Gasteiger partial charge in [0, 0.05) is 17.4 Å². The molecule has 0 spiro atoms. The second-order valence-corrected chi connectivity index (χ2v) is 5.61. The quantitative estimate of drug-likeness (QED) is 0.476. The minimum atomic E-state index is -0.229. The molecule has 2 unspecified atom stereocenters. The van der Waals surface area contributed by atoms with Gasteiger partial charge in [0.1, 0.15) is 0 Å². The van der Waals surface area contributed by atoms with Gasteiger partial charge in [0.25, 0.3) is 0 Å². The van der Waals surface area contributed by atoms with E-state index in [1.165, 1.54) is 0 Å². The number of unbranched alkanes of at least 4 members (excludes halogenated alkanes) is 1. The van der Waals surface area contributed by atoms with E-state index in [4.69, 9.17) is 5.73 Å². The van der Waals surface area contributed by atoms with Crippen molar-refractivity contribution < 1.29 is 9.59 Å². The highest BCUT2D eigenvalue weighted by Gasteiger charge is 2.42. The number of nitrogens with one attached hydrogen (secondary N) is 2. The van der Waals surface area contributed by atoms with Crippen LogP contribution in [0, 0.1) is 0 Å². The van der Waals surface area contributed by atoms with Crippen LogP contribution < -0.4 is 16.4 Å². The number of fused-ring (bicyclic) bond motifs is 1. The molecule has 0 aromatic heterocycles. The minimum absolute atomic E-state index is 0.0440. The Hall–Kier alpha value is -0.910. The minimum Gasteiger partial charge on any atom is -0.370 e. The molecule has 0 saturated carbocycles. The van der Waals surface area contributed by atoms with Crippen molar-refractivity contribution in [3.05, 3.63) is 0 Å². The smallest absolute Gasteiger partial charge is 0.315 e. The molecule has 2 saturated heterocycles. The number of primary amides is 1. The average molecular weight is 243 g/mol. The summed E-state index contributed by atoms with van der Waals surface area (Å²) in [6.07, 6.45) is 3.36. The highest BCUT2D eigenvalue weighted by molar-refractivity contribution is 8.00. The van der Waals surface area contributed by atoms with Crippen LogP contribution in [0.3, 0.4) is 0 Å². The number of hydrogen-bond donors (Lipinski definition) is 3. The van der Waals surface area contributed by atoms with E-state index in [0.717, 1.165) is 25.0 Å². The third kappa shape index (κ3) is 2.61. The van der Waals surface area contributed by atoms with Gasteiger partial charge in [0.2, 0.25) is 5.91 Å². The molecule has 3 atom stereocenters. The summed E-state index contributed by atoms with van der Waals surface area (Å²) < 4.78 is 0. The van der Waals surface area contributed by atoms with Crippen molar-refractivity contribution >= 4 is 23.7 Å². The summed E-state index contributed by atoms with van der Waals surface area (Å²) in [6.45, 7) is 0. The molecule has 90 valence electrons. The maximum Gasteiger partial charge on any atom is 0.315 e. The van der Waals surface area contributed by atoms with Crippen molar-refractivity contribution in [1.82, 2.24) is 10.6 Å². The van der Waals surface area contributed by atoms with Crippen molar-refractivity contribution in [2.45, 2.75) is 43.0 Å². The van der Waals surface area contributed by atoms with Gasteiger partial charge >= 0.3 is 6.03 Å². The molecule has 4 N–H and O–H groups in total. The maximum atomic E-state index is 11.1. The van der Waals surface area contributed by atoms with Gasteiger partial charge in [-0.3, -0.25) is 4.79 Å². The first-order chi connectivity index (χ1) is 7.66. The molecule has 0 aliphatic carbocycles. The molecular weight excluding hydrogens is 226 g/mol. The number of thioether (sulfide) groups is 1. The zero-order chi connectivity index (χ0) is 11.5. The van der Waals surface area contributed by atoms with Gasteiger partial charge in [-0.15, -0.1) is 0 Å². The van der Waals surface area contributed by atoms with Gasteiger partial charge < -0.3 is 16.4 Å². The molecule has 3 amide bonds. The normalized spacial score (nSPS) is 32.0. The van der Waals surface area contributed by atoms with E-state index in [9.17, 15) is 9.59 Å². The first-order valence-electron chi connectivity index (χ1n) is 5.64. The average Bonchev–Trinajstić information content (AvgIpc) is 2.72. The first kappa shape index (κ1) is 11.6. The van der Waals surface area contributed by atoms with Crippen molar-refractivity contribution in [1.29, 1.82) is 0 Å². The lowest BCUT2D eigenvalue weighted by atomic mass is 10.0. The molecule has 2 fully saturated rings. The Morgan fingerprint density at radius 3 is 3.00 bits per heavy atom. The topological polar surface area (TPSA) is 84.2 Å². The van der Waals surface area contributed by atoms with Crippen LogP contribution in [0.1, 0.15) is 25.7 Å². The number of urea groups is 1. The van der Waals surface area contributed by atoms with E-state index in [1.54, 1.807) is 0 Å². The molecular formula is C10H17N3O2S. The maximum absolute atomic E-state index is 11.1. The fourth-order valence-electron chi connectivity index (χ4n) is 2.29. The van der Waals surface area contributed by atoms with Gasteiger partial charge in [-0.1, -0.05) is 6.42 Å². The Labute approximate surface area is 98.9 Å². The predicted molar refractivity (Wildman–Crippen MR) is 63.2 cm³/mol. The molecule has 0 aromatic carbocycles. The van der Waals surface area contributed by atoms with Gasteiger partial charge in [0.05, 0.1) is 12.1 Å². The summed E-state index contributed by atoms with van der Waals surface area (Å²) in [5.41, 5.74) is 5.08. The number of rotatable bonds is 5. The molecule has 6 heteroatoms. The van der Waals surface area contributed by atoms with Crippen LogP contribution >= 0.6 is 11.8 Å². The summed E-state index contributed by atoms with van der Waals surface area (Å²) in [5, 5.41) is 6.35. The highest BCUT2D eigenvalue weighted by Crippen LogP contribution is 2.33. The van der Waals surface area contributed by atoms with Crippen LogP contribution in [0.5, 0.6) is 0 Å². The zero-order valence-electron chi connectivity index (χ0n) is 9.07. The van der Waals surface area contributed by atoms with E-state index < -0.39 is 0 Å². The largest absolute Gasteiger partial charge is 0.370 e. The van der Waals surface area contributed by atoms with E-state index in [-0.39, 0.29) is 18.0 Å². The summed E-state index contributed by atoms with van der Waals surface area (Å²) >= 11 is 1.90. The number of nitrogens with two attached hydrogens (primary N) is 1. The van der Waals surface area contributed by atoms with E-state index in [2.05, 4.69) is 10.6 Å². The van der Waals surface area contributed by atoms with Crippen LogP contribution in [0.25, 0.3) is 0 Å². The van der Waals surface area contributed by atoms with Gasteiger partial charge in [-0.25, -0.2) is 4.79 Å². The molecule has 0 radical (unpaired) electrons. The fourth-order valence-corrected chi connectivity index (χ4v) is 3.83. The molecule has 5 nitrogen and oxygen atoms in total. The van der Waals surface area contributed by atoms with Crippen LogP contribution in [0.2, 0.25) is 0 Å². The molecule has 2 aliphatic heterocycles. The monoisotopic (exact) mass is 243 g/mol. The molecule has 16 heavy (non-hydrogen) atoms. The molecule has 0 bridgehead atoms. The van der Waals surface area contributed by atoms with Crippen LogP contribution in [0.15, 0.2) is 0 Å². The van der Waals surface area contributed by atoms with E-state index in [0.29, 0.717) is 17.7 Å². The third-order valence-corrected chi connectivity index (χ3v) is 4.61. The van der Waals surface area contributed by atoms with Crippen molar-refractivity contribution in [2.24, 2.45) is 5.73 Å². The second-order valence-electron chi connectivity index (χ2n) is 4.33. The molecule has 2 heterocycles. The van der Waals surface area contributed by atoms with Crippen molar-refractivity contribution in [2.75, 3.05) is 5.75 Å². The van der Waals surface area contributed by atoms with Gasteiger partial charge in [-0.05, 0) is 12.8 Å². The zero-order valence-corrected chi connectivity index (χ0v) is 9.89. The Morgan fingerprint density at radius 1 is 1.44 bits per heavy atom. The molecule has 2 rings (SSSR count). The summed E-state index contributed by atoms with van der Waals surface area (Å²) in [4.78, 5) is 21.7. The third-order valence-electron chi connectivity index (χ3n) is 3.10. The summed E-state index contributed by atoms with van der Waals surface area (Å²) in [6, 6.07) is 0.516. The Morgan fingerprint density at radius 2 is 2.25 bits per heavy atom. The van der Waals surface area contributed by atoms with Gasteiger partial charge in [0.15, 0.2) is 0 Å². The van der Waals surface area contributed by atoms with Crippen molar-refractivity contribution in [3.63, 3.8) is 0 Å². The summed E-state index contributed by atoms with van der Waals surface area (Å²) in [7, 11) is 0. The standard InChI is InChI=1S/C10H17N3O2S/c11-8(14)4-2-1-3-7-9-6(5-16-7)12-10(15)13-9/h6-7,9H,1-5H2,(H2,11,14)(H2,12,13,15)/t6?,7-,9?/m0/s1. The Bertz CT molecular complexity index is 298. The number of carbonyl (C=O) groups excluding carboxylic acids is 2. The first-order valence-corrected chi connectivity index (χ1v) is 6.68. The highest BCUT2D eigenvalue weighted by atomic mass is 32.2. The Kier molecular flexibility index (Phi) is 3.58. The lowest BCUT2D eigenvalue weighted by Crippen LogP contribution is -2.36. The van der Waals surface area contributed by atoms with Gasteiger partial charge in [-0.2, -0.15) is 11.8 Å². The lowest BCUT2D eigenvalue weighted by Gasteiger charge is -2.16. The fraction of sp³-hybridized carbons (Fsp3) is 0.800. The number of hydrogen-bond acceptors (Lipinski definition) is 3. The summed E-state index contributed by atoms with van der Waals surface area (Å²) in [5.74, 6) is 0.761. The van der Waals surface area contributed by atoms with Crippen molar-refractivity contribution in [3.8, 4) is 0 Å². The lowest BCUT2D eigenvalue weighted by molar-refractivity contribution is -0.118. The number of carbonyl (C=O) groups is 2. The van der Waals surface area contributed by atoms with Crippen LogP contribution in [-0.4, -0.2) is 35.0 Å². The van der Waals surface area contributed by atoms with Crippen LogP contribution in [0.4, 0.5) is 4.79 Å². The van der Waals surface area contributed by atoms with E-state index >= 15 is 0 Å². The Balaban J connectivity index is 1.70. The predicted octanol–water partition coefficient (Wildman–Crippen LogP) is 0.197. The molecule has 0 aromatic rings. The molecule has 2 aliphatic rings. The van der Waals surface area contributed by atoms with Crippen LogP contribution in [-0.2, 0) is 4.79 Å². The SMILES string of the molecule is NC(=O)CCCC[C@@H]1SCC2NC(=O)NC21. The van der Waals surface area contributed by atoms with E-state index in [1.807, 2.05) is 11.8 Å². The number of amides is 3. The second kappa shape index (κ2) is 4.95.